The normalized spacial score (nSPS) is 14.3. The van der Waals surface area contributed by atoms with Crippen molar-refractivity contribution in [1.29, 1.82) is 0 Å². The first-order chi connectivity index (χ1) is 8.58. The van der Waals surface area contributed by atoms with E-state index in [1.165, 1.54) is 6.07 Å². The number of halogens is 1. The average molecular weight is 253 g/mol. The van der Waals surface area contributed by atoms with E-state index in [1.54, 1.807) is 6.07 Å². The minimum Gasteiger partial charge on any atom is -0.491 e. The van der Waals surface area contributed by atoms with Crippen LogP contribution in [0.4, 0.5) is 4.39 Å². The zero-order valence-corrected chi connectivity index (χ0v) is 11.8. The molecule has 0 saturated heterocycles. The maximum Gasteiger partial charge on any atom is 0.131 e. The first-order valence-electron chi connectivity index (χ1n) is 6.77. The van der Waals surface area contributed by atoms with Crippen LogP contribution in [0.2, 0.25) is 0 Å². The largest absolute Gasteiger partial charge is 0.491 e. The van der Waals surface area contributed by atoms with Crippen LogP contribution >= 0.6 is 0 Å². The maximum absolute atomic E-state index is 13.9. The fourth-order valence-corrected chi connectivity index (χ4v) is 2.05. The van der Waals surface area contributed by atoms with E-state index in [4.69, 9.17) is 4.74 Å². The van der Waals surface area contributed by atoms with Gasteiger partial charge in [0.2, 0.25) is 0 Å². The van der Waals surface area contributed by atoms with Crippen molar-refractivity contribution >= 4 is 0 Å². The van der Waals surface area contributed by atoms with E-state index in [0.717, 1.165) is 19.4 Å². The van der Waals surface area contributed by atoms with Crippen LogP contribution < -0.4 is 10.1 Å². The fourth-order valence-electron chi connectivity index (χ4n) is 2.05. The van der Waals surface area contributed by atoms with E-state index in [1.807, 2.05) is 26.8 Å². The Labute approximate surface area is 110 Å². The molecule has 3 heteroatoms. The molecule has 0 fully saturated rings. The van der Waals surface area contributed by atoms with Crippen molar-refractivity contribution in [2.24, 2.45) is 0 Å². The van der Waals surface area contributed by atoms with Crippen LogP contribution in [0.1, 0.15) is 52.1 Å². The minimum absolute atomic E-state index is 0.0251. The predicted octanol–water partition coefficient (Wildman–Crippen LogP) is 4.06. The summed E-state index contributed by atoms with van der Waals surface area (Å²) in [5.74, 6) is 0.408. The molecule has 2 nitrogen and oxygen atoms in total. The third-order valence-electron chi connectivity index (χ3n) is 2.98. The van der Waals surface area contributed by atoms with Crippen molar-refractivity contribution in [1.82, 2.24) is 5.32 Å². The number of hydrogen-bond donors (Lipinski definition) is 1. The lowest BCUT2D eigenvalue weighted by molar-refractivity contribution is 0.209. The number of hydrogen-bond acceptors (Lipinski definition) is 2. The molecule has 0 amide bonds. The van der Waals surface area contributed by atoms with Crippen molar-refractivity contribution in [2.45, 2.75) is 52.7 Å². The number of rotatable bonds is 7. The molecular formula is C15H24FNO. The quantitative estimate of drug-likeness (QED) is 0.791. The molecule has 0 heterocycles. The molecule has 0 bridgehead atoms. The van der Waals surface area contributed by atoms with Gasteiger partial charge < -0.3 is 10.1 Å². The zero-order chi connectivity index (χ0) is 13.5. The lowest BCUT2D eigenvalue weighted by Crippen LogP contribution is -2.19. The van der Waals surface area contributed by atoms with Crippen LogP contribution in [0.15, 0.2) is 18.2 Å². The zero-order valence-electron chi connectivity index (χ0n) is 11.8. The highest BCUT2D eigenvalue weighted by Crippen LogP contribution is 2.23. The summed E-state index contributed by atoms with van der Waals surface area (Å²) in [6, 6.07) is 5.15. The van der Waals surface area contributed by atoms with E-state index >= 15 is 0 Å². The van der Waals surface area contributed by atoms with E-state index in [-0.39, 0.29) is 18.0 Å². The van der Waals surface area contributed by atoms with Gasteiger partial charge in [-0.15, -0.1) is 0 Å². The highest BCUT2D eigenvalue weighted by molar-refractivity contribution is 5.30. The van der Waals surface area contributed by atoms with Crippen molar-refractivity contribution in [3.8, 4) is 5.75 Å². The van der Waals surface area contributed by atoms with Crippen molar-refractivity contribution in [2.75, 3.05) is 6.54 Å². The van der Waals surface area contributed by atoms with E-state index < -0.39 is 0 Å². The predicted molar refractivity (Wildman–Crippen MR) is 73.5 cm³/mol. The Bertz CT molecular complexity index is 368. The van der Waals surface area contributed by atoms with Gasteiger partial charge in [-0.25, -0.2) is 4.39 Å². The van der Waals surface area contributed by atoms with Crippen LogP contribution in [0.25, 0.3) is 0 Å². The summed E-state index contributed by atoms with van der Waals surface area (Å²) in [6.07, 6.45) is 2.18. The first kappa shape index (κ1) is 15.0. The standard InChI is InChI=1S/C15H24FNO/c1-5-7-11(3)18-13-8-9-14(15(16)10-13)12(4)17-6-2/h8-12,17H,5-7H2,1-4H3. The van der Waals surface area contributed by atoms with Crippen LogP contribution in [0.3, 0.4) is 0 Å². The van der Waals surface area contributed by atoms with E-state index in [0.29, 0.717) is 11.3 Å². The molecule has 0 radical (unpaired) electrons. The number of ether oxygens (including phenoxy) is 1. The van der Waals surface area contributed by atoms with Gasteiger partial charge in [-0.3, -0.25) is 0 Å². The molecule has 2 unspecified atom stereocenters. The molecular weight excluding hydrogens is 229 g/mol. The van der Waals surface area contributed by atoms with E-state index in [9.17, 15) is 4.39 Å². The van der Waals surface area contributed by atoms with Crippen LogP contribution in [0.5, 0.6) is 5.75 Å². The Hall–Kier alpha value is -1.09. The lowest BCUT2D eigenvalue weighted by Gasteiger charge is -2.17. The summed E-state index contributed by atoms with van der Waals surface area (Å²) >= 11 is 0. The monoisotopic (exact) mass is 253 g/mol. The molecule has 1 aromatic rings. The Morgan fingerprint density at radius 3 is 2.56 bits per heavy atom. The van der Waals surface area contributed by atoms with Crippen molar-refractivity contribution in [3.63, 3.8) is 0 Å². The molecule has 0 aliphatic rings. The minimum atomic E-state index is -0.204. The first-order valence-corrected chi connectivity index (χ1v) is 6.77. The summed E-state index contributed by atoms with van der Waals surface area (Å²) < 4.78 is 19.6. The molecule has 0 aliphatic heterocycles. The third-order valence-corrected chi connectivity index (χ3v) is 2.98. The molecule has 1 N–H and O–H groups in total. The maximum atomic E-state index is 13.9. The molecule has 0 saturated carbocycles. The second kappa shape index (κ2) is 7.37. The van der Waals surface area contributed by atoms with E-state index in [2.05, 4.69) is 12.2 Å². The summed E-state index contributed by atoms with van der Waals surface area (Å²) in [4.78, 5) is 0. The molecule has 0 aromatic heterocycles. The van der Waals surface area contributed by atoms with Crippen molar-refractivity contribution in [3.05, 3.63) is 29.6 Å². The van der Waals surface area contributed by atoms with Gasteiger partial charge in [0.05, 0.1) is 6.10 Å². The second-order valence-corrected chi connectivity index (χ2v) is 4.68. The molecule has 1 rings (SSSR count). The van der Waals surface area contributed by atoms with Gasteiger partial charge in [0.15, 0.2) is 0 Å². The van der Waals surface area contributed by atoms with Gasteiger partial charge >= 0.3 is 0 Å². The Morgan fingerprint density at radius 2 is 2.00 bits per heavy atom. The highest BCUT2D eigenvalue weighted by Gasteiger charge is 2.11. The van der Waals surface area contributed by atoms with Crippen LogP contribution in [-0.2, 0) is 0 Å². The Kier molecular flexibility index (Phi) is 6.13. The van der Waals surface area contributed by atoms with Gasteiger partial charge in [-0.05, 0) is 32.9 Å². The number of benzene rings is 1. The van der Waals surface area contributed by atoms with Gasteiger partial charge in [0, 0.05) is 17.7 Å². The van der Waals surface area contributed by atoms with Crippen molar-refractivity contribution < 1.29 is 9.13 Å². The molecule has 0 aliphatic carbocycles. The van der Waals surface area contributed by atoms with Crippen LogP contribution in [-0.4, -0.2) is 12.6 Å². The summed E-state index contributed by atoms with van der Waals surface area (Å²) in [5, 5.41) is 3.20. The highest BCUT2D eigenvalue weighted by atomic mass is 19.1. The number of nitrogens with one attached hydrogen (secondary N) is 1. The topological polar surface area (TPSA) is 21.3 Å². The van der Waals surface area contributed by atoms with Gasteiger partial charge in [0.1, 0.15) is 11.6 Å². The second-order valence-electron chi connectivity index (χ2n) is 4.68. The molecule has 102 valence electrons. The molecule has 2 atom stereocenters. The van der Waals surface area contributed by atoms with Gasteiger partial charge in [0.25, 0.3) is 0 Å². The third kappa shape index (κ3) is 4.30. The van der Waals surface area contributed by atoms with Gasteiger partial charge in [-0.1, -0.05) is 26.3 Å². The molecule has 0 spiro atoms. The fraction of sp³-hybridized carbons (Fsp3) is 0.600. The summed E-state index contributed by atoms with van der Waals surface area (Å²) in [5.41, 5.74) is 0.687. The summed E-state index contributed by atoms with van der Waals surface area (Å²) in [7, 11) is 0. The Balaban J connectivity index is 2.72. The summed E-state index contributed by atoms with van der Waals surface area (Å²) in [6.45, 7) is 8.92. The SMILES string of the molecule is CCCC(C)Oc1ccc(C(C)NCC)c(F)c1. The smallest absolute Gasteiger partial charge is 0.131 e. The van der Waals surface area contributed by atoms with Gasteiger partial charge in [-0.2, -0.15) is 0 Å². The molecule has 1 aromatic carbocycles. The molecule has 18 heavy (non-hydrogen) atoms. The lowest BCUT2D eigenvalue weighted by atomic mass is 10.1. The van der Waals surface area contributed by atoms with Crippen LogP contribution in [0, 0.1) is 5.82 Å². The Morgan fingerprint density at radius 1 is 1.28 bits per heavy atom. The average Bonchev–Trinajstić information content (AvgIpc) is 2.29.